The molecule has 0 aromatic heterocycles. The van der Waals surface area contributed by atoms with Gasteiger partial charge in [-0.2, -0.15) is 0 Å². The van der Waals surface area contributed by atoms with Crippen molar-refractivity contribution in [2.45, 2.75) is 44.1 Å². The molecule has 1 aromatic rings. The highest BCUT2D eigenvalue weighted by atomic mass is 16.2. The van der Waals surface area contributed by atoms with Gasteiger partial charge in [0.25, 0.3) is 0 Å². The number of carbonyl (C=O) groups is 1. The summed E-state index contributed by atoms with van der Waals surface area (Å²) < 4.78 is 0. The second-order valence-corrected chi connectivity index (χ2v) is 5.71. The Morgan fingerprint density at radius 2 is 2.16 bits per heavy atom. The molecule has 1 fully saturated rings. The lowest BCUT2D eigenvalue weighted by molar-refractivity contribution is -0.137. The maximum Gasteiger partial charge on any atom is 0.230 e. The first kappa shape index (κ1) is 12.7. The summed E-state index contributed by atoms with van der Waals surface area (Å²) in [6.45, 7) is 1.60. The smallest absolute Gasteiger partial charge is 0.230 e. The maximum absolute atomic E-state index is 12.7. The predicted octanol–water partition coefficient (Wildman–Crippen LogP) is 2.06. The SMILES string of the molecule is NCCC1CCCCN1C(=O)C1Cc2ccccc21. The average Bonchev–Trinajstić information content (AvgIpc) is 2.41. The molecular weight excluding hydrogens is 236 g/mol. The van der Waals surface area contributed by atoms with Crippen molar-refractivity contribution in [2.75, 3.05) is 13.1 Å². The zero-order chi connectivity index (χ0) is 13.2. The molecule has 19 heavy (non-hydrogen) atoms. The van der Waals surface area contributed by atoms with E-state index in [4.69, 9.17) is 5.73 Å². The van der Waals surface area contributed by atoms with Gasteiger partial charge in [-0.05, 0) is 49.8 Å². The van der Waals surface area contributed by atoms with Crippen molar-refractivity contribution in [3.05, 3.63) is 35.4 Å². The molecule has 1 saturated heterocycles. The third kappa shape index (κ3) is 2.27. The summed E-state index contributed by atoms with van der Waals surface area (Å²) in [5.41, 5.74) is 8.26. The van der Waals surface area contributed by atoms with Gasteiger partial charge >= 0.3 is 0 Å². The minimum Gasteiger partial charge on any atom is -0.339 e. The highest BCUT2D eigenvalue weighted by molar-refractivity contribution is 5.87. The van der Waals surface area contributed by atoms with E-state index in [9.17, 15) is 4.79 Å². The van der Waals surface area contributed by atoms with Crippen LogP contribution < -0.4 is 5.73 Å². The molecule has 1 amide bonds. The molecule has 0 saturated carbocycles. The first-order valence-electron chi connectivity index (χ1n) is 7.39. The van der Waals surface area contributed by atoms with E-state index >= 15 is 0 Å². The lowest BCUT2D eigenvalue weighted by atomic mass is 9.76. The standard InChI is InChI=1S/C16H22N2O/c17-9-8-13-6-3-4-10-18(13)16(19)15-11-12-5-1-2-7-14(12)15/h1-2,5,7,13,15H,3-4,6,8-11,17H2. The number of piperidine rings is 1. The predicted molar refractivity (Wildman–Crippen MR) is 75.9 cm³/mol. The Hall–Kier alpha value is -1.35. The zero-order valence-electron chi connectivity index (χ0n) is 11.3. The van der Waals surface area contributed by atoms with Gasteiger partial charge in [-0.3, -0.25) is 4.79 Å². The molecular formula is C16H22N2O. The van der Waals surface area contributed by atoms with Crippen LogP contribution in [0.3, 0.4) is 0 Å². The van der Waals surface area contributed by atoms with Crippen LogP contribution in [-0.4, -0.2) is 29.9 Å². The van der Waals surface area contributed by atoms with Crippen LogP contribution in [-0.2, 0) is 11.2 Å². The average molecular weight is 258 g/mol. The normalized spacial score (nSPS) is 25.6. The number of amides is 1. The molecule has 0 spiro atoms. The molecule has 2 aliphatic rings. The van der Waals surface area contributed by atoms with Crippen molar-refractivity contribution in [3.63, 3.8) is 0 Å². The highest BCUT2D eigenvalue weighted by Crippen LogP contribution is 2.37. The van der Waals surface area contributed by atoms with Gasteiger partial charge in [0, 0.05) is 12.6 Å². The Bertz CT molecular complexity index is 470. The summed E-state index contributed by atoms with van der Waals surface area (Å²) >= 11 is 0. The van der Waals surface area contributed by atoms with Gasteiger partial charge in [0.15, 0.2) is 0 Å². The molecule has 3 nitrogen and oxygen atoms in total. The van der Waals surface area contributed by atoms with Crippen molar-refractivity contribution in [2.24, 2.45) is 5.73 Å². The third-order valence-corrected chi connectivity index (χ3v) is 4.56. The minimum absolute atomic E-state index is 0.106. The molecule has 2 atom stereocenters. The van der Waals surface area contributed by atoms with Crippen LogP contribution in [0.2, 0.25) is 0 Å². The molecule has 1 aliphatic carbocycles. The molecule has 1 aromatic carbocycles. The number of nitrogens with zero attached hydrogens (tertiary/aromatic N) is 1. The molecule has 0 radical (unpaired) electrons. The Balaban J connectivity index is 1.73. The molecule has 2 N–H and O–H groups in total. The number of rotatable bonds is 3. The summed E-state index contributed by atoms with van der Waals surface area (Å²) in [4.78, 5) is 14.8. The van der Waals surface area contributed by atoms with Crippen molar-refractivity contribution >= 4 is 5.91 Å². The second-order valence-electron chi connectivity index (χ2n) is 5.71. The number of fused-ring (bicyclic) bond motifs is 1. The molecule has 3 heteroatoms. The van der Waals surface area contributed by atoms with E-state index in [0.29, 0.717) is 18.5 Å². The first-order valence-corrected chi connectivity index (χ1v) is 7.39. The fourth-order valence-corrected chi connectivity index (χ4v) is 3.46. The topological polar surface area (TPSA) is 46.3 Å². The minimum atomic E-state index is 0.106. The Morgan fingerprint density at radius 1 is 1.32 bits per heavy atom. The second kappa shape index (κ2) is 5.33. The molecule has 2 unspecified atom stereocenters. The van der Waals surface area contributed by atoms with Crippen LogP contribution in [0.25, 0.3) is 0 Å². The van der Waals surface area contributed by atoms with E-state index in [-0.39, 0.29) is 5.92 Å². The van der Waals surface area contributed by atoms with Crippen LogP contribution in [0.4, 0.5) is 0 Å². The Kier molecular flexibility index (Phi) is 3.56. The zero-order valence-corrected chi connectivity index (χ0v) is 11.3. The van der Waals surface area contributed by atoms with E-state index in [1.165, 1.54) is 17.5 Å². The van der Waals surface area contributed by atoms with Gasteiger partial charge in [0.2, 0.25) is 5.91 Å². The lowest BCUT2D eigenvalue weighted by Gasteiger charge is -2.40. The van der Waals surface area contributed by atoms with E-state index in [1.807, 2.05) is 6.07 Å². The molecule has 1 heterocycles. The molecule has 1 aliphatic heterocycles. The summed E-state index contributed by atoms with van der Waals surface area (Å²) in [6.07, 6.45) is 5.36. The molecule has 3 rings (SSSR count). The number of likely N-dealkylation sites (tertiary alicyclic amines) is 1. The third-order valence-electron chi connectivity index (χ3n) is 4.56. The van der Waals surface area contributed by atoms with Gasteiger partial charge in [-0.1, -0.05) is 24.3 Å². The van der Waals surface area contributed by atoms with E-state index < -0.39 is 0 Å². The number of nitrogens with two attached hydrogens (primary N) is 1. The van der Waals surface area contributed by atoms with Crippen LogP contribution >= 0.6 is 0 Å². The largest absolute Gasteiger partial charge is 0.339 e. The fraction of sp³-hybridized carbons (Fsp3) is 0.562. The first-order chi connectivity index (χ1) is 9.31. The number of benzene rings is 1. The Labute approximate surface area is 114 Å². The highest BCUT2D eigenvalue weighted by Gasteiger charge is 2.37. The van der Waals surface area contributed by atoms with E-state index in [1.54, 1.807) is 0 Å². The molecule has 102 valence electrons. The number of hydrogen-bond acceptors (Lipinski definition) is 2. The van der Waals surface area contributed by atoms with Crippen LogP contribution in [0, 0.1) is 0 Å². The van der Waals surface area contributed by atoms with Crippen LogP contribution in [0.1, 0.15) is 42.7 Å². The van der Waals surface area contributed by atoms with Crippen molar-refractivity contribution in [1.82, 2.24) is 4.90 Å². The number of carbonyl (C=O) groups excluding carboxylic acids is 1. The fourth-order valence-electron chi connectivity index (χ4n) is 3.46. The van der Waals surface area contributed by atoms with E-state index in [2.05, 4.69) is 23.1 Å². The summed E-state index contributed by atoms with van der Waals surface area (Å²) in [5.74, 6) is 0.437. The monoisotopic (exact) mass is 258 g/mol. The summed E-state index contributed by atoms with van der Waals surface area (Å²) in [7, 11) is 0. The quantitative estimate of drug-likeness (QED) is 0.902. The van der Waals surface area contributed by atoms with Crippen molar-refractivity contribution in [1.29, 1.82) is 0 Å². The van der Waals surface area contributed by atoms with Crippen molar-refractivity contribution in [3.8, 4) is 0 Å². The lowest BCUT2D eigenvalue weighted by Crippen LogP contribution is -2.48. The van der Waals surface area contributed by atoms with Crippen molar-refractivity contribution < 1.29 is 4.79 Å². The van der Waals surface area contributed by atoms with Gasteiger partial charge in [0.1, 0.15) is 0 Å². The summed E-state index contributed by atoms with van der Waals surface area (Å²) in [6, 6.07) is 8.69. The van der Waals surface area contributed by atoms with Gasteiger partial charge in [-0.15, -0.1) is 0 Å². The molecule has 0 bridgehead atoms. The maximum atomic E-state index is 12.7. The van der Waals surface area contributed by atoms with Gasteiger partial charge < -0.3 is 10.6 Å². The van der Waals surface area contributed by atoms with E-state index in [0.717, 1.165) is 32.2 Å². The number of hydrogen-bond donors (Lipinski definition) is 1. The van der Waals surface area contributed by atoms with Gasteiger partial charge in [0.05, 0.1) is 5.92 Å². The van der Waals surface area contributed by atoms with Crippen LogP contribution in [0.5, 0.6) is 0 Å². The van der Waals surface area contributed by atoms with Gasteiger partial charge in [-0.25, -0.2) is 0 Å². The Morgan fingerprint density at radius 3 is 2.95 bits per heavy atom. The summed E-state index contributed by atoms with van der Waals surface area (Å²) in [5, 5.41) is 0. The van der Waals surface area contributed by atoms with Crippen LogP contribution in [0.15, 0.2) is 24.3 Å².